The number of carbonyl (C=O) groups is 4. The van der Waals surface area contributed by atoms with Crippen molar-refractivity contribution in [1.29, 1.82) is 0 Å². The molecule has 8 aliphatic carbocycles. The third-order valence-electron chi connectivity index (χ3n) is 13.2. The number of Topliss-reactive ketones (excluding diaryl/α,β-unsaturated/α-hetero) is 4. The van der Waals surface area contributed by atoms with Crippen molar-refractivity contribution in [3.05, 3.63) is 0 Å². The van der Waals surface area contributed by atoms with Crippen LogP contribution < -0.4 is 0 Å². The second-order valence-corrected chi connectivity index (χ2v) is 13.6. The van der Waals surface area contributed by atoms with Gasteiger partial charge in [0, 0.05) is 23.7 Å². The molecule has 8 rings (SSSR count). The predicted octanol–water partition coefficient (Wildman–Crippen LogP) is 4.25. The molecular weight excluding hydrogens is 412 g/mol. The van der Waals surface area contributed by atoms with E-state index < -0.39 is 0 Å². The highest BCUT2D eigenvalue weighted by Crippen LogP contribution is 2.73. The third-order valence-corrected chi connectivity index (χ3v) is 13.2. The number of fused-ring (bicyclic) bond motifs is 17. The van der Waals surface area contributed by atoms with Gasteiger partial charge in [-0.1, -0.05) is 27.7 Å². The van der Waals surface area contributed by atoms with Crippen molar-refractivity contribution in [3.63, 3.8) is 0 Å². The summed E-state index contributed by atoms with van der Waals surface area (Å²) in [6.45, 7) is 9.36. The Morgan fingerprint density at radius 3 is 1.09 bits per heavy atom. The second kappa shape index (κ2) is 6.66. The number of hydrogen-bond donors (Lipinski definition) is 0. The van der Waals surface area contributed by atoms with Crippen LogP contribution in [0.4, 0.5) is 0 Å². The summed E-state index contributed by atoms with van der Waals surface area (Å²) in [6, 6.07) is 0. The fourth-order valence-electron chi connectivity index (χ4n) is 11.8. The summed E-state index contributed by atoms with van der Waals surface area (Å²) in [5, 5.41) is 0. The first-order chi connectivity index (χ1) is 15.7. The fourth-order valence-corrected chi connectivity index (χ4v) is 11.8. The largest absolute Gasteiger partial charge is 0.299 e. The molecule has 0 aromatic heterocycles. The maximum Gasteiger partial charge on any atom is 0.144 e. The van der Waals surface area contributed by atoms with E-state index in [0.717, 1.165) is 41.9 Å². The zero-order valence-electron chi connectivity index (χ0n) is 20.4. The van der Waals surface area contributed by atoms with Crippen LogP contribution in [-0.2, 0) is 19.2 Å². The molecule has 0 radical (unpaired) electrons. The van der Waals surface area contributed by atoms with Gasteiger partial charge in [0.1, 0.15) is 23.1 Å². The molecule has 178 valence electrons. The van der Waals surface area contributed by atoms with E-state index in [-0.39, 0.29) is 48.1 Å². The molecule has 8 aliphatic rings. The molecule has 33 heavy (non-hydrogen) atoms. The van der Waals surface area contributed by atoms with Crippen LogP contribution in [-0.4, -0.2) is 23.1 Å². The smallest absolute Gasteiger partial charge is 0.144 e. The SMILES string of the molecule is CC1C(C)C2CC1C1C(=O)CC(=O)C21.CC1C(C)C2CC1C1C3CC(C4C(=O)CC(=O)C34)C21. The molecule has 4 heteroatoms. The van der Waals surface area contributed by atoms with Crippen molar-refractivity contribution < 1.29 is 19.2 Å². The quantitative estimate of drug-likeness (QED) is 0.409. The minimum Gasteiger partial charge on any atom is -0.299 e. The van der Waals surface area contributed by atoms with E-state index in [1.807, 2.05) is 0 Å². The van der Waals surface area contributed by atoms with Crippen molar-refractivity contribution in [2.24, 2.45) is 94.7 Å². The summed E-state index contributed by atoms with van der Waals surface area (Å²) in [6.07, 6.45) is 4.24. The van der Waals surface area contributed by atoms with Crippen molar-refractivity contribution in [3.8, 4) is 0 Å². The molecule has 0 aliphatic heterocycles. The van der Waals surface area contributed by atoms with Gasteiger partial charge in [0.15, 0.2) is 0 Å². The Morgan fingerprint density at radius 1 is 0.424 bits per heavy atom. The van der Waals surface area contributed by atoms with Gasteiger partial charge in [-0.05, 0) is 90.3 Å². The Hall–Kier alpha value is -1.32. The molecule has 6 bridgehead atoms. The molecule has 0 amide bonds. The molecule has 16 atom stereocenters. The predicted molar refractivity (Wildman–Crippen MR) is 122 cm³/mol. The van der Waals surface area contributed by atoms with Crippen LogP contribution in [0.25, 0.3) is 0 Å². The Balaban J connectivity index is 0.000000121. The average molecular weight is 451 g/mol. The van der Waals surface area contributed by atoms with Gasteiger partial charge in [-0.3, -0.25) is 19.2 Å². The summed E-state index contributed by atoms with van der Waals surface area (Å²) < 4.78 is 0. The van der Waals surface area contributed by atoms with Crippen molar-refractivity contribution in [2.75, 3.05) is 0 Å². The highest BCUT2D eigenvalue weighted by Gasteiger charge is 2.71. The van der Waals surface area contributed by atoms with Crippen LogP contribution in [0.5, 0.6) is 0 Å². The Bertz CT molecular complexity index is 895. The monoisotopic (exact) mass is 450 g/mol. The maximum atomic E-state index is 12.2. The summed E-state index contributed by atoms with van der Waals surface area (Å²) in [5.41, 5.74) is 0. The van der Waals surface area contributed by atoms with Gasteiger partial charge < -0.3 is 0 Å². The summed E-state index contributed by atoms with van der Waals surface area (Å²) in [7, 11) is 0. The van der Waals surface area contributed by atoms with Gasteiger partial charge in [-0.2, -0.15) is 0 Å². The van der Waals surface area contributed by atoms with Crippen molar-refractivity contribution >= 4 is 23.1 Å². The second-order valence-electron chi connectivity index (χ2n) is 13.6. The number of carbonyl (C=O) groups excluding carboxylic acids is 4. The molecule has 8 saturated carbocycles. The topological polar surface area (TPSA) is 68.3 Å². The van der Waals surface area contributed by atoms with Gasteiger partial charge in [-0.25, -0.2) is 0 Å². The Labute approximate surface area is 197 Å². The van der Waals surface area contributed by atoms with Gasteiger partial charge >= 0.3 is 0 Å². The molecule has 0 spiro atoms. The Morgan fingerprint density at radius 2 is 0.697 bits per heavy atom. The number of ketones is 4. The molecule has 0 aromatic rings. The molecular formula is C29H38O4. The Kier molecular flexibility index (Phi) is 4.24. The lowest BCUT2D eigenvalue weighted by atomic mass is 9.60. The number of rotatable bonds is 0. The highest BCUT2D eigenvalue weighted by atomic mass is 16.2. The third kappa shape index (κ3) is 2.39. The van der Waals surface area contributed by atoms with E-state index in [0.29, 0.717) is 47.1 Å². The summed E-state index contributed by atoms with van der Waals surface area (Å²) in [4.78, 5) is 47.7. The molecule has 8 fully saturated rings. The van der Waals surface area contributed by atoms with Crippen LogP contribution in [0.3, 0.4) is 0 Å². The molecule has 0 N–H and O–H groups in total. The molecule has 0 aromatic carbocycles. The molecule has 4 nitrogen and oxygen atoms in total. The average Bonchev–Trinajstić information content (AvgIpc) is 3.59. The van der Waals surface area contributed by atoms with E-state index in [1.165, 1.54) is 12.8 Å². The van der Waals surface area contributed by atoms with Gasteiger partial charge in [0.25, 0.3) is 0 Å². The minimum atomic E-state index is 0.124. The number of hydrogen-bond acceptors (Lipinski definition) is 4. The van der Waals surface area contributed by atoms with E-state index in [2.05, 4.69) is 27.7 Å². The van der Waals surface area contributed by atoms with Crippen LogP contribution in [0.1, 0.15) is 59.8 Å². The van der Waals surface area contributed by atoms with E-state index >= 15 is 0 Å². The summed E-state index contributed by atoms with van der Waals surface area (Å²) in [5.74, 6) is 10.2. The normalized spacial score (nSPS) is 61.0. The van der Waals surface area contributed by atoms with Crippen LogP contribution in [0.2, 0.25) is 0 Å². The minimum absolute atomic E-state index is 0.124. The standard InChI is InChI=1S/C17H22O2.C12H16O2/c1-6-7(2)9-3-8(6)14-10-4-11(15(9)14)17-13(19)5-12(18)16(10)17;1-5-6(2)8-3-7(5)11-9(13)4-10(14)12(8)11/h6-11,14-17H,3-5H2,1-2H3;5-8,11-12H,3-4H2,1-2H3. The first kappa shape index (κ1) is 21.0. The zero-order valence-corrected chi connectivity index (χ0v) is 20.4. The van der Waals surface area contributed by atoms with Crippen molar-refractivity contribution in [1.82, 2.24) is 0 Å². The molecule has 0 saturated heterocycles. The lowest BCUT2D eigenvalue weighted by Gasteiger charge is -2.44. The lowest BCUT2D eigenvalue weighted by molar-refractivity contribution is -0.125. The van der Waals surface area contributed by atoms with E-state index in [4.69, 9.17) is 0 Å². The fraction of sp³-hybridized carbons (Fsp3) is 0.862. The van der Waals surface area contributed by atoms with Crippen molar-refractivity contribution in [2.45, 2.75) is 59.8 Å². The first-order valence-corrected chi connectivity index (χ1v) is 13.8. The zero-order chi connectivity index (χ0) is 23.1. The van der Waals surface area contributed by atoms with Gasteiger partial charge in [0.05, 0.1) is 12.8 Å². The first-order valence-electron chi connectivity index (χ1n) is 13.8. The highest BCUT2D eigenvalue weighted by molar-refractivity contribution is 6.10. The maximum absolute atomic E-state index is 12.2. The van der Waals surface area contributed by atoms with Gasteiger partial charge in [-0.15, -0.1) is 0 Å². The van der Waals surface area contributed by atoms with E-state index in [1.54, 1.807) is 0 Å². The van der Waals surface area contributed by atoms with Crippen LogP contribution in [0, 0.1) is 94.7 Å². The lowest BCUT2D eigenvalue weighted by Crippen LogP contribution is -2.43. The van der Waals surface area contributed by atoms with Crippen LogP contribution in [0.15, 0.2) is 0 Å². The van der Waals surface area contributed by atoms with Crippen LogP contribution >= 0.6 is 0 Å². The summed E-state index contributed by atoms with van der Waals surface area (Å²) >= 11 is 0. The van der Waals surface area contributed by atoms with E-state index in [9.17, 15) is 19.2 Å². The molecule has 0 heterocycles. The molecule has 16 unspecified atom stereocenters. The van der Waals surface area contributed by atoms with Gasteiger partial charge in [0.2, 0.25) is 0 Å².